The van der Waals surface area contributed by atoms with Gasteiger partial charge in [0, 0.05) is 23.9 Å². The Morgan fingerprint density at radius 2 is 2.00 bits per heavy atom. The fourth-order valence-corrected chi connectivity index (χ4v) is 5.62. The lowest BCUT2D eigenvalue weighted by Gasteiger charge is -2.23. The predicted octanol–water partition coefficient (Wildman–Crippen LogP) is 3.08. The fourth-order valence-electron chi connectivity index (χ4n) is 3.21. The van der Waals surface area contributed by atoms with E-state index in [1.165, 1.54) is 6.42 Å². The largest absolute Gasteiger partial charge is 0.354 e. The van der Waals surface area contributed by atoms with Crippen molar-refractivity contribution in [2.24, 2.45) is 4.99 Å². The smallest absolute Gasteiger partial charge is 0.191 e. The van der Waals surface area contributed by atoms with E-state index in [-0.39, 0.29) is 11.8 Å². The number of nitrogens with one attached hydrogen (secondary N) is 2. The number of hydrogen-bond acceptors (Lipinski definition) is 4. The van der Waals surface area contributed by atoms with Crippen molar-refractivity contribution in [3.8, 4) is 0 Å². The van der Waals surface area contributed by atoms with Crippen molar-refractivity contribution in [1.29, 1.82) is 0 Å². The summed E-state index contributed by atoms with van der Waals surface area (Å²) in [7, 11) is -3.32. The van der Waals surface area contributed by atoms with Crippen LogP contribution in [-0.2, 0) is 9.84 Å². The quantitative estimate of drug-likeness (QED) is 0.521. The molecule has 1 aliphatic carbocycles. The molecule has 0 aromatic heterocycles. The van der Waals surface area contributed by atoms with Gasteiger partial charge in [0.05, 0.1) is 10.6 Å². The third-order valence-electron chi connectivity index (χ3n) is 4.73. The minimum atomic E-state index is -3.32. The van der Waals surface area contributed by atoms with Crippen LogP contribution in [0.3, 0.4) is 0 Å². The molecule has 0 radical (unpaired) electrons. The van der Waals surface area contributed by atoms with Crippen LogP contribution in [0.5, 0.6) is 0 Å². The van der Waals surface area contributed by atoms with E-state index in [2.05, 4.69) is 21.9 Å². The van der Waals surface area contributed by atoms with E-state index in [0.717, 1.165) is 18.8 Å². The second-order valence-corrected chi connectivity index (χ2v) is 9.85. The molecule has 0 bridgehead atoms. The van der Waals surface area contributed by atoms with Gasteiger partial charge in [0.1, 0.15) is 0 Å². The molecule has 3 atom stereocenters. The fraction of sp³-hybridized carbons (Fsp3) is 0.632. The number of rotatable bonds is 8. The van der Waals surface area contributed by atoms with Crippen molar-refractivity contribution in [1.82, 2.24) is 10.6 Å². The zero-order valence-electron chi connectivity index (χ0n) is 15.9. The van der Waals surface area contributed by atoms with E-state index >= 15 is 0 Å². The van der Waals surface area contributed by atoms with Gasteiger partial charge in [-0.15, -0.1) is 0 Å². The van der Waals surface area contributed by atoms with Crippen LogP contribution in [0.25, 0.3) is 0 Å². The molecule has 7 heteroatoms. The van der Waals surface area contributed by atoms with Crippen LogP contribution >= 0.6 is 11.8 Å². The number of benzene rings is 1. The van der Waals surface area contributed by atoms with Crippen LogP contribution < -0.4 is 10.6 Å². The van der Waals surface area contributed by atoms with Gasteiger partial charge in [-0.1, -0.05) is 25.1 Å². The maximum atomic E-state index is 12.7. The first kappa shape index (κ1) is 21.1. The van der Waals surface area contributed by atoms with Gasteiger partial charge in [0.2, 0.25) is 0 Å². The van der Waals surface area contributed by atoms with Gasteiger partial charge >= 0.3 is 0 Å². The van der Waals surface area contributed by atoms with Gasteiger partial charge in [0.15, 0.2) is 15.8 Å². The molecule has 0 amide bonds. The van der Waals surface area contributed by atoms with Gasteiger partial charge in [-0.25, -0.2) is 8.42 Å². The Hall–Kier alpha value is -1.21. The van der Waals surface area contributed by atoms with Gasteiger partial charge in [-0.05, 0) is 51.0 Å². The average Bonchev–Trinajstić information content (AvgIpc) is 3.09. The molecule has 2 rings (SSSR count). The standard InChI is InChI=1S/C19H31N3O2S2/c1-4-15(14-26(23,24)18-9-7-6-8-10-18)21-19(20-5-2)22-16-11-12-17(13-16)25-3/h6-10,15-17H,4-5,11-14H2,1-3H3,(H2,20,21,22). The van der Waals surface area contributed by atoms with Crippen molar-refractivity contribution in [2.75, 3.05) is 18.6 Å². The maximum Gasteiger partial charge on any atom is 0.191 e. The van der Waals surface area contributed by atoms with Crippen molar-refractivity contribution in [3.63, 3.8) is 0 Å². The lowest BCUT2D eigenvalue weighted by atomic mass is 10.2. The average molecular weight is 398 g/mol. The molecule has 2 N–H and O–H groups in total. The molecule has 0 aliphatic heterocycles. The summed E-state index contributed by atoms with van der Waals surface area (Å²) >= 11 is 1.92. The Kier molecular flexibility index (Phi) is 8.28. The number of hydrogen-bond donors (Lipinski definition) is 2. The van der Waals surface area contributed by atoms with Gasteiger partial charge in [-0.3, -0.25) is 4.99 Å². The minimum absolute atomic E-state index is 0.0655. The SMILES string of the molecule is CCN=C(NC1CCC(SC)C1)NC(CC)CS(=O)(=O)c1ccccc1. The summed E-state index contributed by atoms with van der Waals surface area (Å²) in [6, 6.07) is 8.90. The highest BCUT2D eigenvalue weighted by Gasteiger charge is 2.26. The molecule has 1 saturated carbocycles. The summed E-state index contributed by atoms with van der Waals surface area (Å²) in [6.07, 6.45) is 6.36. The highest BCUT2D eigenvalue weighted by atomic mass is 32.2. The summed E-state index contributed by atoms with van der Waals surface area (Å²) in [5, 5.41) is 7.55. The Morgan fingerprint density at radius 1 is 1.27 bits per heavy atom. The number of nitrogens with zero attached hydrogens (tertiary/aromatic N) is 1. The molecular formula is C19H31N3O2S2. The lowest BCUT2D eigenvalue weighted by Crippen LogP contribution is -2.49. The first-order chi connectivity index (χ1) is 12.5. The van der Waals surface area contributed by atoms with E-state index in [4.69, 9.17) is 0 Å². The van der Waals surface area contributed by atoms with Crippen LogP contribution in [0.4, 0.5) is 0 Å². The normalized spacial score (nSPS) is 22.2. The zero-order valence-corrected chi connectivity index (χ0v) is 17.6. The van der Waals surface area contributed by atoms with E-state index in [1.54, 1.807) is 24.3 Å². The molecule has 26 heavy (non-hydrogen) atoms. The van der Waals surface area contributed by atoms with E-state index in [9.17, 15) is 8.42 Å². The summed E-state index contributed by atoms with van der Waals surface area (Å²) < 4.78 is 25.3. The summed E-state index contributed by atoms with van der Waals surface area (Å²) in [5.74, 6) is 0.796. The van der Waals surface area contributed by atoms with E-state index < -0.39 is 9.84 Å². The monoisotopic (exact) mass is 397 g/mol. The van der Waals surface area contributed by atoms with Crippen LogP contribution in [0.15, 0.2) is 40.2 Å². The third-order valence-corrected chi connectivity index (χ3v) is 7.66. The lowest BCUT2D eigenvalue weighted by molar-refractivity contribution is 0.557. The molecule has 1 aromatic rings. The predicted molar refractivity (Wildman–Crippen MR) is 112 cm³/mol. The van der Waals surface area contributed by atoms with Crippen LogP contribution in [0.1, 0.15) is 39.5 Å². The second kappa shape index (κ2) is 10.2. The van der Waals surface area contributed by atoms with Crippen molar-refractivity contribution in [3.05, 3.63) is 30.3 Å². The van der Waals surface area contributed by atoms with Crippen molar-refractivity contribution in [2.45, 2.75) is 61.8 Å². The van der Waals surface area contributed by atoms with Crippen LogP contribution in [-0.4, -0.2) is 50.3 Å². The van der Waals surface area contributed by atoms with Crippen molar-refractivity contribution >= 4 is 27.6 Å². The minimum Gasteiger partial charge on any atom is -0.354 e. The van der Waals surface area contributed by atoms with Crippen LogP contribution in [0, 0.1) is 0 Å². The Morgan fingerprint density at radius 3 is 2.58 bits per heavy atom. The topological polar surface area (TPSA) is 70.6 Å². The number of guanidine groups is 1. The molecule has 1 aliphatic rings. The molecule has 1 fully saturated rings. The van der Waals surface area contributed by atoms with E-state index in [1.807, 2.05) is 31.7 Å². The van der Waals surface area contributed by atoms with Gasteiger partial charge in [0.25, 0.3) is 0 Å². The molecule has 0 saturated heterocycles. The first-order valence-electron chi connectivity index (χ1n) is 9.36. The number of aliphatic imine (C=N–C) groups is 1. The highest BCUT2D eigenvalue weighted by molar-refractivity contribution is 7.99. The van der Waals surface area contributed by atoms with Crippen LogP contribution in [0.2, 0.25) is 0 Å². The number of thioether (sulfide) groups is 1. The maximum absolute atomic E-state index is 12.7. The highest BCUT2D eigenvalue weighted by Crippen LogP contribution is 2.28. The van der Waals surface area contributed by atoms with Gasteiger partial charge in [-0.2, -0.15) is 11.8 Å². The molecule has 5 nitrogen and oxygen atoms in total. The molecule has 0 heterocycles. The van der Waals surface area contributed by atoms with Crippen molar-refractivity contribution < 1.29 is 8.42 Å². The zero-order chi connectivity index (χ0) is 19.0. The summed E-state index contributed by atoms with van der Waals surface area (Å²) in [4.78, 5) is 4.90. The molecule has 146 valence electrons. The first-order valence-corrected chi connectivity index (χ1v) is 12.3. The summed E-state index contributed by atoms with van der Waals surface area (Å²) in [5.41, 5.74) is 0. The van der Waals surface area contributed by atoms with Gasteiger partial charge < -0.3 is 10.6 Å². The Bertz CT molecular complexity index is 677. The summed E-state index contributed by atoms with van der Waals surface area (Å²) in [6.45, 7) is 4.65. The second-order valence-electron chi connectivity index (χ2n) is 6.68. The Balaban J connectivity index is 2.00. The molecular weight excluding hydrogens is 366 g/mol. The molecule has 0 spiro atoms. The number of sulfone groups is 1. The molecule has 1 aromatic carbocycles. The molecule has 3 unspecified atom stereocenters. The Labute approximate surface area is 162 Å². The third kappa shape index (κ3) is 6.20. The van der Waals surface area contributed by atoms with E-state index in [0.29, 0.717) is 29.2 Å².